The molecule has 0 atom stereocenters. The molecule has 0 radical (unpaired) electrons. The van der Waals surface area contributed by atoms with Gasteiger partial charge in [0.15, 0.2) is 0 Å². The molecule has 1 aliphatic heterocycles. The summed E-state index contributed by atoms with van der Waals surface area (Å²) in [5.74, 6) is 0.145. The van der Waals surface area contributed by atoms with E-state index in [1.165, 1.54) is 37.8 Å². The van der Waals surface area contributed by atoms with Crippen molar-refractivity contribution in [1.29, 1.82) is 0 Å². The van der Waals surface area contributed by atoms with Crippen LogP contribution in [-0.2, 0) is 4.79 Å². The number of halogens is 1. The van der Waals surface area contributed by atoms with Crippen LogP contribution in [0.15, 0.2) is 23.6 Å². The predicted molar refractivity (Wildman–Crippen MR) is 119 cm³/mol. The second kappa shape index (κ2) is 9.43. The van der Waals surface area contributed by atoms with Crippen LogP contribution in [0.5, 0.6) is 0 Å². The molecule has 1 saturated carbocycles. The van der Waals surface area contributed by atoms with Gasteiger partial charge in [-0.1, -0.05) is 19.3 Å². The van der Waals surface area contributed by atoms with E-state index < -0.39 is 0 Å². The highest BCUT2D eigenvalue weighted by molar-refractivity contribution is 7.17. The van der Waals surface area contributed by atoms with E-state index in [2.05, 4.69) is 15.2 Å². The number of carbonyl (C=O) groups excluding carboxylic acids is 1. The van der Waals surface area contributed by atoms with Crippen molar-refractivity contribution in [2.45, 2.75) is 51.0 Å². The zero-order chi connectivity index (χ0) is 20.2. The molecule has 2 aliphatic rings. The van der Waals surface area contributed by atoms with Gasteiger partial charge in [0.05, 0.1) is 5.69 Å². The summed E-state index contributed by atoms with van der Waals surface area (Å²) >= 11 is 1.62. The maximum absolute atomic E-state index is 13.4. The van der Waals surface area contributed by atoms with Gasteiger partial charge in [0, 0.05) is 61.2 Å². The van der Waals surface area contributed by atoms with E-state index in [0.29, 0.717) is 18.4 Å². The molecule has 2 fully saturated rings. The maximum atomic E-state index is 13.4. The number of carbonyl (C=O) groups is 1. The first-order chi connectivity index (χ1) is 14.1. The number of hydrogen-bond acceptors (Lipinski definition) is 4. The predicted octanol–water partition coefficient (Wildman–Crippen LogP) is 4.73. The molecule has 6 heteroatoms. The third-order valence-electron chi connectivity index (χ3n) is 6.61. The summed E-state index contributed by atoms with van der Waals surface area (Å²) < 4.78 is 14.4. The molecule has 1 aromatic carbocycles. The van der Waals surface area contributed by atoms with Crippen LogP contribution in [0, 0.1) is 5.82 Å². The smallest absolute Gasteiger partial charge is 0.222 e. The number of fused-ring (bicyclic) bond motifs is 1. The summed E-state index contributed by atoms with van der Waals surface area (Å²) in [6.07, 6.45) is 7.80. The summed E-state index contributed by atoms with van der Waals surface area (Å²) in [7, 11) is 1.99. The first-order valence-electron chi connectivity index (χ1n) is 11.0. The average Bonchev–Trinajstić information content (AvgIpc) is 3.17. The number of rotatable bonds is 6. The monoisotopic (exact) mass is 417 g/mol. The van der Waals surface area contributed by atoms with Crippen LogP contribution in [0.2, 0.25) is 0 Å². The largest absolute Gasteiger partial charge is 0.368 e. The van der Waals surface area contributed by atoms with Gasteiger partial charge >= 0.3 is 0 Å². The topological polar surface area (TPSA) is 26.8 Å². The maximum Gasteiger partial charge on any atom is 0.222 e. The van der Waals surface area contributed by atoms with Crippen LogP contribution in [-0.4, -0.2) is 61.5 Å². The zero-order valence-corrected chi connectivity index (χ0v) is 18.2. The second-order valence-corrected chi connectivity index (χ2v) is 9.40. The van der Waals surface area contributed by atoms with Crippen molar-refractivity contribution in [3.8, 4) is 0 Å². The Hall–Kier alpha value is -1.66. The first-order valence-corrected chi connectivity index (χ1v) is 11.9. The van der Waals surface area contributed by atoms with E-state index >= 15 is 0 Å². The highest BCUT2D eigenvalue weighted by Gasteiger charge is 2.23. The third-order valence-corrected chi connectivity index (χ3v) is 7.54. The summed E-state index contributed by atoms with van der Waals surface area (Å²) in [6.45, 7) is 5.00. The van der Waals surface area contributed by atoms with Gasteiger partial charge in [-0.25, -0.2) is 4.39 Å². The molecule has 1 amide bonds. The van der Waals surface area contributed by atoms with Crippen LogP contribution >= 0.6 is 11.3 Å². The number of thiophene rings is 1. The van der Waals surface area contributed by atoms with Crippen LogP contribution in [0.3, 0.4) is 0 Å². The second-order valence-electron chi connectivity index (χ2n) is 8.49. The van der Waals surface area contributed by atoms with E-state index in [1.54, 1.807) is 23.5 Å². The first kappa shape index (κ1) is 20.6. The van der Waals surface area contributed by atoms with Gasteiger partial charge in [0.25, 0.3) is 0 Å². The average molecular weight is 418 g/mol. The van der Waals surface area contributed by atoms with E-state index in [4.69, 9.17) is 0 Å². The lowest BCUT2D eigenvalue weighted by Gasteiger charge is -2.36. The van der Waals surface area contributed by atoms with Gasteiger partial charge in [-0.2, -0.15) is 0 Å². The Kier molecular flexibility index (Phi) is 6.70. The van der Waals surface area contributed by atoms with Crippen molar-refractivity contribution in [1.82, 2.24) is 9.80 Å². The molecule has 2 aromatic rings. The van der Waals surface area contributed by atoms with Gasteiger partial charge in [0.1, 0.15) is 5.82 Å². The van der Waals surface area contributed by atoms with E-state index in [-0.39, 0.29) is 5.82 Å². The van der Waals surface area contributed by atoms with Crippen molar-refractivity contribution >= 4 is 33.0 Å². The number of amides is 1. The zero-order valence-electron chi connectivity index (χ0n) is 17.4. The number of piperazine rings is 1. The Morgan fingerprint density at radius 1 is 1.17 bits per heavy atom. The fourth-order valence-corrected chi connectivity index (χ4v) is 5.74. The summed E-state index contributed by atoms with van der Waals surface area (Å²) in [5.41, 5.74) is 1.23. The molecule has 29 heavy (non-hydrogen) atoms. The van der Waals surface area contributed by atoms with E-state index in [9.17, 15) is 9.18 Å². The lowest BCUT2D eigenvalue weighted by Crippen LogP contribution is -2.46. The number of nitrogens with zero attached hydrogens (tertiary/aromatic N) is 3. The van der Waals surface area contributed by atoms with Crippen LogP contribution in [0.25, 0.3) is 10.1 Å². The van der Waals surface area contributed by atoms with Crippen molar-refractivity contribution in [2.75, 3.05) is 44.7 Å². The van der Waals surface area contributed by atoms with Gasteiger partial charge in [-0.05, 0) is 44.0 Å². The molecule has 2 heterocycles. The summed E-state index contributed by atoms with van der Waals surface area (Å²) in [4.78, 5) is 19.4. The van der Waals surface area contributed by atoms with Gasteiger partial charge in [0.2, 0.25) is 5.91 Å². The number of anilines is 1. The van der Waals surface area contributed by atoms with E-state index in [1.807, 2.05) is 18.0 Å². The van der Waals surface area contributed by atoms with Crippen molar-refractivity contribution in [3.05, 3.63) is 29.4 Å². The van der Waals surface area contributed by atoms with Crippen molar-refractivity contribution in [2.24, 2.45) is 0 Å². The minimum Gasteiger partial charge on any atom is -0.368 e. The Morgan fingerprint density at radius 2 is 1.93 bits per heavy atom. The van der Waals surface area contributed by atoms with Crippen LogP contribution in [0.4, 0.5) is 10.1 Å². The highest BCUT2D eigenvalue weighted by Crippen LogP contribution is 2.34. The molecule has 4 rings (SSSR count). The molecule has 1 saturated heterocycles. The minimum absolute atomic E-state index is 0.167. The molecule has 0 spiro atoms. The lowest BCUT2D eigenvalue weighted by atomic mass is 9.94. The molecule has 158 valence electrons. The highest BCUT2D eigenvalue weighted by atomic mass is 32.1. The molecule has 1 aromatic heterocycles. The molecule has 0 N–H and O–H groups in total. The van der Waals surface area contributed by atoms with Gasteiger partial charge in [-0.15, -0.1) is 11.3 Å². The molecule has 4 nitrogen and oxygen atoms in total. The summed E-state index contributed by atoms with van der Waals surface area (Å²) in [6, 6.07) is 5.54. The van der Waals surface area contributed by atoms with Gasteiger partial charge < -0.3 is 9.80 Å². The lowest BCUT2D eigenvalue weighted by molar-refractivity contribution is -0.132. The quantitative estimate of drug-likeness (QED) is 0.680. The fraction of sp³-hybridized carbons (Fsp3) is 0.609. The number of hydrogen-bond donors (Lipinski definition) is 0. The molecular formula is C23H32FN3OS. The van der Waals surface area contributed by atoms with Crippen LogP contribution in [0.1, 0.15) is 44.9 Å². The number of benzene rings is 1. The Labute approximate surface area is 177 Å². The molecule has 1 aliphatic carbocycles. The molecule has 0 bridgehead atoms. The SMILES string of the molecule is CN(C(=O)CCCN1CCN(c2csc3cc(F)ccc23)CC1)C1CCCCC1. The molecule has 0 unspecified atom stereocenters. The van der Waals surface area contributed by atoms with Gasteiger partial charge in [-0.3, -0.25) is 9.69 Å². The standard InChI is InChI=1S/C23H32FN3OS/c1-25(19-6-3-2-4-7-19)23(28)8-5-11-26-12-14-27(15-13-26)21-17-29-22-16-18(24)9-10-20(21)22/h9-10,16-17,19H,2-8,11-15H2,1H3. The Balaban J connectivity index is 1.21. The normalized spacial score (nSPS) is 19.0. The Morgan fingerprint density at radius 3 is 2.69 bits per heavy atom. The van der Waals surface area contributed by atoms with Crippen molar-refractivity contribution in [3.63, 3.8) is 0 Å². The molecular weight excluding hydrogens is 385 g/mol. The fourth-order valence-electron chi connectivity index (χ4n) is 4.75. The third kappa shape index (κ3) is 4.92. The van der Waals surface area contributed by atoms with Crippen LogP contribution < -0.4 is 4.90 Å². The van der Waals surface area contributed by atoms with Crippen molar-refractivity contribution < 1.29 is 9.18 Å². The van der Waals surface area contributed by atoms with E-state index in [0.717, 1.165) is 49.2 Å². The minimum atomic E-state index is -0.167. The summed E-state index contributed by atoms with van der Waals surface area (Å²) in [5, 5.41) is 3.31. The Bertz CT molecular complexity index is 825.